The molecule has 0 saturated heterocycles. The van der Waals surface area contributed by atoms with Crippen LogP contribution in [0.3, 0.4) is 0 Å². The number of amides is 1. The van der Waals surface area contributed by atoms with E-state index in [1.165, 1.54) is 6.92 Å². The Kier molecular flexibility index (Phi) is 8.94. The van der Waals surface area contributed by atoms with Crippen molar-refractivity contribution in [3.05, 3.63) is 125 Å². The van der Waals surface area contributed by atoms with E-state index in [1.807, 2.05) is 95.8 Å². The molecule has 1 aromatic heterocycles. The fourth-order valence-electron chi connectivity index (χ4n) is 4.47. The number of nitrogens with zero attached hydrogens (tertiary/aromatic N) is 2. The Bertz CT molecular complexity index is 1500. The molecule has 0 unspecified atom stereocenters. The lowest BCUT2D eigenvalue weighted by atomic mass is 9.98. The van der Waals surface area contributed by atoms with Gasteiger partial charge in [0.15, 0.2) is 6.20 Å². The summed E-state index contributed by atoms with van der Waals surface area (Å²) in [5.74, 6) is -0.407. The number of aromatic nitrogens is 1. The van der Waals surface area contributed by atoms with Crippen LogP contribution in [0.5, 0.6) is 0 Å². The number of carbonyl (C=O) groups is 1. The van der Waals surface area contributed by atoms with Crippen molar-refractivity contribution < 1.29 is 22.3 Å². The first-order valence-corrected chi connectivity index (χ1v) is 14.4. The number of pyridine rings is 1. The fraction of sp³-hybridized carbons (Fsp3) is 0.200. The minimum atomic E-state index is -4.03. The summed E-state index contributed by atoms with van der Waals surface area (Å²) in [6.45, 7) is 1.95. The predicted molar refractivity (Wildman–Crippen MR) is 151 cm³/mol. The second kappa shape index (κ2) is 12.3. The van der Waals surface area contributed by atoms with Gasteiger partial charge in [-0.2, -0.15) is 13.0 Å². The van der Waals surface area contributed by atoms with Gasteiger partial charge >= 0.3 is 0 Å². The highest BCUT2D eigenvalue weighted by atomic mass is 35.5. The summed E-state index contributed by atoms with van der Waals surface area (Å²) in [6.07, 6.45) is 7.49. The molecule has 1 heterocycles. The zero-order valence-corrected chi connectivity index (χ0v) is 22.7. The third kappa shape index (κ3) is 7.07. The molecule has 1 aliphatic rings. The van der Waals surface area contributed by atoms with Crippen LogP contribution in [0.15, 0.2) is 114 Å². The van der Waals surface area contributed by atoms with E-state index in [2.05, 4.69) is 6.08 Å². The number of hydrogen-bond acceptors (Lipinski definition) is 3. The lowest BCUT2D eigenvalue weighted by Gasteiger charge is -2.17. The van der Waals surface area contributed by atoms with Crippen molar-refractivity contribution in [2.24, 2.45) is 0 Å². The minimum absolute atomic E-state index is 0.0997. The first-order chi connectivity index (χ1) is 18.2. The predicted octanol–water partition coefficient (Wildman–Crippen LogP) is 5.91. The molecule has 38 heavy (non-hydrogen) atoms. The summed E-state index contributed by atoms with van der Waals surface area (Å²) in [4.78, 5) is 14.0. The molecule has 0 atom stereocenters. The first-order valence-electron chi connectivity index (χ1n) is 12.4. The lowest BCUT2D eigenvalue weighted by Crippen LogP contribution is -2.38. The van der Waals surface area contributed by atoms with Crippen LogP contribution in [-0.2, 0) is 21.5 Å². The molecule has 0 aliphatic heterocycles. The van der Waals surface area contributed by atoms with Gasteiger partial charge in [0.05, 0.1) is 11.3 Å². The van der Waals surface area contributed by atoms with E-state index in [1.54, 1.807) is 4.90 Å². The molecule has 8 heteroatoms. The highest BCUT2D eigenvalue weighted by molar-refractivity contribution is 7.85. The average Bonchev–Trinajstić information content (AvgIpc) is 3.25. The average molecular weight is 550 g/mol. The number of benzene rings is 2. The van der Waals surface area contributed by atoms with Gasteiger partial charge in [0.2, 0.25) is 11.6 Å². The number of anilines is 1. The molecule has 2 aromatic carbocycles. The van der Waals surface area contributed by atoms with E-state index >= 15 is 0 Å². The number of hydrogen-bond donors (Lipinski definition) is 1. The van der Waals surface area contributed by atoms with E-state index in [-0.39, 0.29) is 18.1 Å². The van der Waals surface area contributed by atoms with Gasteiger partial charge < -0.3 is 0 Å². The number of rotatable bonds is 9. The molecule has 1 N–H and O–H groups in total. The largest absolute Gasteiger partial charge is 0.288 e. The molecule has 6 nitrogen and oxygen atoms in total. The van der Waals surface area contributed by atoms with Gasteiger partial charge in [-0.15, -0.1) is 0 Å². The van der Waals surface area contributed by atoms with Crippen LogP contribution in [0.2, 0.25) is 0 Å². The molecular weight excluding hydrogens is 520 g/mol. The Balaban J connectivity index is 1.74. The molecular formula is C30H30ClN2O4S+. The maximum absolute atomic E-state index is 12.4. The van der Waals surface area contributed by atoms with Gasteiger partial charge in [-0.25, -0.2) is 0 Å². The SMILES string of the molecule is CC(=O)N(/C=C1\CCC(/C=C(\c2ccccc2)c2cccc[n+]2CCCS(=O)(=O)O)=C1Cl)c1ccccc1. The molecule has 1 amide bonds. The van der Waals surface area contributed by atoms with Crippen LogP contribution in [0.1, 0.15) is 37.4 Å². The van der Waals surface area contributed by atoms with E-state index < -0.39 is 10.1 Å². The first kappa shape index (κ1) is 27.5. The molecule has 0 spiro atoms. The fourth-order valence-corrected chi connectivity index (χ4v) is 5.26. The summed E-state index contributed by atoms with van der Waals surface area (Å²) >= 11 is 6.90. The number of aryl methyl sites for hydroxylation is 1. The molecule has 196 valence electrons. The van der Waals surface area contributed by atoms with Gasteiger partial charge in [-0.05, 0) is 53.8 Å². The summed E-state index contributed by atoms with van der Waals surface area (Å²) in [7, 11) is -4.03. The van der Waals surface area contributed by atoms with Crippen molar-refractivity contribution in [1.82, 2.24) is 0 Å². The molecule has 3 aromatic rings. The third-order valence-electron chi connectivity index (χ3n) is 6.31. The zero-order valence-electron chi connectivity index (χ0n) is 21.1. The molecule has 0 radical (unpaired) electrons. The number of carbonyl (C=O) groups excluding carboxylic acids is 1. The van der Waals surface area contributed by atoms with Crippen molar-refractivity contribution in [3.63, 3.8) is 0 Å². The number of para-hydroxylation sites is 1. The van der Waals surface area contributed by atoms with E-state index in [4.69, 9.17) is 16.2 Å². The van der Waals surface area contributed by atoms with Crippen LogP contribution < -0.4 is 9.47 Å². The number of halogens is 1. The maximum Gasteiger partial charge on any atom is 0.265 e. The minimum Gasteiger partial charge on any atom is -0.288 e. The summed E-state index contributed by atoms with van der Waals surface area (Å²) in [5.41, 5.74) is 5.46. The Morgan fingerprint density at radius 2 is 1.66 bits per heavy atom. The van der Waals surface area contributed by atoms with E-state index in [0.717, 1.165) is 40.1 Å². The van der Waals surface area contributed by atoms with Gasteiger partial charge in [0.1, 0.15) is 6.54 Å². The highest BCUT2D eigenvalue weighted by Crippen LogP contribution is 2.38. The van der Waals surface area contributed by atoms with Crippen molar-refractivity contribution in [2.45, 2.75) is 32.7 Å². The molecule has 4 rings (SSSR count). The Morgan fingerprint density at radius 3 is 2.32 bits per heavy atom. The summed E-state index contributed by atoms with van der Waals surface area (Å²) < 4.78 is 33.7. The van der Waals surface area contributed by atoms with Crippen molar-refractivity contribution in [1.29, 1.82) is 0 Å². The van der Waals surface area contributed by atoms with Crippen LogP contribution in [-0.4, -0.2) is 24.6 Å². The quantitative estimate of drug-likeness (QED) is 0.266. The molecule has 1 aliphatic carbocycles. The Hall–Kier alpha value is -3.52. The maximum atomic E-state index is 12.4. The monoisotopic (exact) mass is 549 g/mol. The van der Waals surface area contributed by atoms with Gasteiger partial charge in [0, 0.05) is 42.4 Å². The second-order valence-electron chi connectivity index (χ2n) is 9.06. The lowest BCUT2D eigenvalue weighted by molar-refractivity contribution is -0.698. The highest BCUT2D eigenvalue weighted by Gasteiger charge is 2.23. The van der Waals surface area contributed by atoms with Crippen molar-refractivity contribution in [3.8, 4) is 0 Å². The molecule has 0 bridgehead atoms. The van der Waals surface area contributed by atoms with Gasteiger partial charge in [0.25, 0.3) is 10.1 Å². The summed E-state index contributed by atoms with van der Waals surface area (Å²) in [5, 5.41) is 0.620. The second-order valence-corrected chi connectivity index (χ2v) is 11.0. The number of allylic oxidation sites excluding steroid dienone is 4. The Morgan fingerprint density at radius 1 is 1.00 bits per heavy atom. The normalized spacial score (nSPS) is 15.2. The molecule has 0 saturated carbocycles. The topological polar surface area (TPSA) is 78.6 Å². The van der Waals surface area contributed by atoms with E-state index in [9.17, 15) is 13.2 Å². The summed E-state index contributed by atoms with van der Waals surface area (Å²) in [6, 6.07) is 25.2. The van der Waals surface area contributed by atoms with Crippen LogP contribution in [0.25, 0.3) is 5.57 Å². The van der Waals surface area contributed by atoms with Crippen LogP contribution >= 0.6 is 11.6 Å². The standard InChI is InChI=1S/C30H29ClN2O4S/c1-23(34)33(27-13-6-3-7-14-27)22-26-17-16-25(30(26)31)21-28(24-11-4-2-5-12-24)29-15-8-9-18-32(29)19-10-20-38(35,36)37/h2-9,11-15,18,21-22H,10,16-17,19-20H2,1H3/p+1. The van der Waals surface area contributed by atoms with Crippen molar-refractivity contribution in [2.75, 3.05) is 10.7 Å². The Labute approximate surface area is 228 Å². The van der Waals surface area contributed by atoms with Gasteiger partial charge in [-0.1, -0.05) is 60.1 Å². The van der Waals surface area contributed by atoms with E-state index in [0.29, 0.717) is 18.0 Å². The van der Waals surface area contributed by atoms with Gasteiger partial charge in [-0.3, -0.25) is 14.2 Å². The zero-order chi connectivity index (χ0) is 27.1. The van der Waals surface area contributed by atoms with Crippen LogP contribution in [0.4, 0.5) is 5.69 Å². The molecule has 0 fully saturated rings. The smallest absolute Gasteiger partial charge is 0.265 e. The van der Waals surface area contributed by atoms with Crippen molar-refractivity contribution >= 4 is 38.9 Å². The third-order valence-corrected chi connectivity index (χ3v) is 7.60. The van der Waals surface area contributed by atoms with Crippen LogP contribution in [0, 0.1) is 0 Å².